The zero-order chi connectivity index (χ0) is 24.6. The first kappa shape index (κ1) is 23.0. The minimum Gasteiger partial charge on any atom is -0.405 e. The number of anilines is 4. The van der Waals surface area contributed by atoms with Gasteiger partial charge in [0.15, 0.2) is 11.4 Å². The number of oxazole rings is 1. The number of hydrogen-bond donors (Lipinski definition) is 2. The molecule has 0 amide bonds. The Kier molecular flexibility index (Phi) is 5.83. The second-order valence-corrected chi connectivity index (χ2v) is 6.93. The lowest BCUT2D eigenvalue weighted by Crippen LogP contribution is -2.36. The number of nitrogens with zero attached hydrogens (tertiary/aromatic N) is 3. The van der Waals surface area contributed by atoms with E-state index in [9.17, 15) is 31.5 Å². The highest BCUT2D eigenvalue weighted by molar-refractivity contribution is 6.32. The summed E-state index contributed by atoms with van der Waals surface area (Å²) in [7, 11) is 0. The lowest BCUT2D eigenvalue weighted by molar-refractivity contribution is -0.200. The van der Waals surface area contributed by atoms with Crippen LogP contribution < -0.4 is 21.2 Å². The number of alkyl halides is 3. The van der Waals surface area contributed by atoms with Crippen LogP contribution in [0, 0.1) is 11.6 Å². The molecule has 0 radical (unpaired) electrons. The van der Waals surface area contributed by atoms with Gasteiger partial charge in [0, 0.05) is 17.4 Å². The summed E-state index contributed by atoms with van der Waals surface area (Å²) in [6.45, 7) is 0. The summed E-state index contributed by atoms with van der Waals surface area (Å²) in [5.41, 5.74) is -0.310. The SMILES string of the molecule is O=C(On1c(=O)oc2ccc(Nc3nc(Nc4cc(F)cc(F)c4)ncc3Cl)cc21)C(F)(F)F. The maximum atomic E-state index is 13.4. The van der Waals surface area contributed by atoms with E-state index in [0.717, 1.165) is 18.2 Å². The van der Waals surface area contributed by atoms with Crippen molar-refractivity contribution in [3.05, 3.63) is 69.8 Å². The van der Waals surface area contributed by atoms with Gasteiger partial charge in [-0.05, 0) is 30.3 Å². The van der Waals surface area contributed by atoms with Gasteiger partial charge in [-0.25, -0.2) is 23.4 Å². The van der Waals surface area contributed by atoms with Crippen LogP contribution in [0.25, 0.3) is 11.1 Å². The summed E-state index contributed by atoms with van der Waals surface area (Å²) < 4.78 is 69.1. The van der Waals surface area contributed by atoms with E-state index in [-0.39, 0.29) is 44.0 Å². The van der Waals surface area contributed by atoms with Gasteiger partial charge in [-0.2, -0.15) is 18.2 Å². The molecular weight excluding hydrogens is 493 g/mol. The van der Waals surface area contributed by atoms with Crippen molar-refractivity contribution in [1.82, 2.24) is 14.7 Å². The van der Waals surface area contributed by atoms with Gasteiger partial charge in [0.05, 0.1) is 6.20 Å². The van der Waals surface area contributed by atoms with Crippen LogP contribution in [0.1, 0.15) is 0 Å². The molecule has 2 aromatic carbocycles. The van der Waals surface area contributed by atoms with E-state index < -0.39 is 29.5 Å². The smallest absolute Gasteiger partial charge is 0.405 e. The Labute approximate surface area is 189 Å². The maximum absolute atomic E-state index is 13.4. The highest BCUT2D eigenvalue weighted by Gasteiger charge is 2.42. The lowest BCUT2D eigenvalue weighted by Gasteiger charge is -2.11. The van der Waals surface area contributed by atoms with E-state index in [1.807, 2.05) is 0 Å². The van der Waals surface area contributed by atoms with Crippen molar-refractivity contribution in [3.63, 3.8) is 0 Å². The van der Waals surface area contributed by atoms with E-state index in [1.165, 1.54) is 18.3 Å². The molecule has 2 aromatic heterocycles. The number of carbonyl (C=O) groups excluding carboxylic acids is 1. The molecule has 9 nitrogen and oxygen atoms in total. The molecule has 0 aliphatic rings. The Balaban J connectivity index is 1.63. The number of rotatable bonds is 5. The van der Waals surface area contributed by atoms with Gasteiger partial charge in [0.2, 0.25) is 5.95 Å². The van der Waals surface area contributed by atoms with Crippen LogP contribution >= 0.6 is 11.6 Å². The third-order valence-corrected chi connectivity index (χ3v) is 4.35. The molecule has 0 bridgehead atoms. The van der Waals surface area contributed by atoms with E-state index in [1.54, 1.807) is 0 Å². The van der Waals surface area contributed by atoms with E-state index in [2.05, 4.69) is 25.4 Å². The van der Waals surface area contributed by atoms with E-state index in [4.69, 9.17) is 16.0 Å². The number of carbonyl (C=O) groups is 1. The van der Waals surface area contributed by atoms with Crippen molar-refractivity contribution >= 4 is 51.8 Å². The zero-order valence-electron chi connectivity index (χ0n) is 16.3. The summed E-state index contributed by atoms with van der Waals surface area (Å²) >= 11 is 6.07. The summed E-state index contributed by atoms with van der Waals surface area (Å²) in [5.74, 6) is -5.77. The Morgan fingerprint density at radius 2 is 1.76 bits per heavy atom. The molecule has 0 saturated carbocycles. The standard InChI is InChI=1S/C19H9ClF5N5O4/c20-12-7-26-17(28-11-4-8(21)3-9(22)5-11)29-15(12)27-10-1-2-14-13(6-10)30(18(32)33-14)34-16(31)19(23,24)25/h1-7H,(H2,26,27,28,29). The van der Waals surface area contributed by atoms with Gasteiger partial charge in [-0.1, -0.05) is 16.3 Å². The van der Waals surface area contributed by atoms with Gasteiger partial charge in [0.1, 0.15) is 22.2 Å². The molecule has 15 heteroatoms. The molecule has 4 rings (SSSR count). The molecule has 176 valence electrons. The third kappa shape index (κ3) is 4.91. The summed E-state index contributed by atoms with van der Waals surface area (Å²) in [5, 5.41) is 5.34. The van der Waals surface area contributed by atoms with Crippen LogP contribution in [-0.4, -0.2) is 26.8 Å². The average molecular weight is 502 g/mol. The Morgan fingerprint density at radius 1 is 1.06 bits per heavy atom. The fraction of sp³-hybridized carbons (Fsp3) is 0.0526. The predicted molar refractivity (Wildman–Crippen MR) is 108 cm³/mol. The van der Waals surface area contributed by atoms with Gasteiger partial charge >= 0.3 is 17.9 Å². The number of aromatic nitrogens is 3. The predicted octanol–water partition coefficient (Wildman–Crippen LogP) is 4.32. The van der Waals surface area contributed by atoms with Crippen molar-refractivity contribution in [1.29, 1.82) is 0 Å². The van der Waals surface area contributed by atoms with Crippen LogP contribution in [0.4, 0.5) is 45.1 Å². The van der Waals surface area contributed by atoms with Gasteiger partial charge in [0.25, 0.3) is 0 Å². The number of nitrogens with one attached hydrogen (secondary N) is 2. The van der Waals surface area contributed by atoms with Crippen LogP contribution in [-0.2, 0) is 4.79 Å². The normalized spacial score (nSPS) is 11.5. The summed E-state index contributed by atoms with van der Waals surface area (Å²) in [4.78, 5) is 35.0. The summed E-state index contributed by atoms with van der Waals surface area (Å²) in [6, 6.07) is 6.41. The molecule has 0 unspecified atom stereocenters. The first-order chi connectivity index (χ1) is 16.0. The quantitative estimate of drug-likeness (QED) is 0.389. The number of halogens is 6. The molecule has 0 saturated heterocycles. The van der Waals surface area contributed by atoms with Crippen LogP contribution in [0.2, 0.25) is 5.02 Å². The molecule has 2 N–H and O–H groups in total. The third-order valence-electron chi connectivity index (χ3n) is 4.07. The highest BCUT2D eigenvalue weighted by Crippen LogP contribution is 2.27. The van der Waals surface area contributed by atoms with Crippen LogP contribution in [0.15, 0.2) is 51.8 Å². The minimum atomic E-state index is -5.35. The maximum Gasteiger partial charge on any atom is 0.493 e. The monoisotopic (exact) mass is 501 g/mol. The first-order valence-corrected chi connectivity index (χ1v) is 9.35. The molecule has 0 atom stereocenters. The van der Waals surface area contributed by atoms with E-state index in [0.29, 0.717) is 6.07 Å². The number of fused-ring (bicyclic) bond motifs is 1. The Morgan fingerprint density at radius 3 is 2.44 bits per heavy atom. The molecule has 0 aliphatic heterocycles. The van der Waals surface area contributed by atoms with Crippen LogP contribution in [0.3, 0.4) is 0 Å². The summed E-state index contributed by atoms with van der Waals surface area (Å²) in [6.07, 6.45) is -4.17. The van der Waals surface area contributed by atoms with Crippen molar-refractivity contribution in [3.8, 4) is 0 Å². The zero-order valence-corrected chi connectivity index (χ0v) is 17.0. The topological polar surface area (TPSA) is 111 Å². The minimum absolute atomic E-state index is 0.00385. The average Bonchev–Trinajstić information content (AvgIpc) is 3.04. The van der Waals surface area contributed by atoms with Crippen molar-refractivity contribution in [2.75, 3.05) is 10.6 Å². The number of hydrogen-bond acceptors (Lipinski definition) is 8. The fourth-order valence-electron chi connectivity index (χ4n) is 2.70. The fourth-order valence-corrected chi connectivity index (χ4v) is 2.84. The number of benzene rings is 2. The molecule has 0 aliphatic carbocycles. The second kappa shape index (κ2) is 8.62. The molecular formula is C19H9ClF5N5O4. The van der Waals surface area contributed by atoms with E-state index >= 15 is 0 Å². The van der Waals surface area contributed by atoms with Gasteiger partial charge < -0.3 is 19.9 Å². The van der Waals surface area contributed by atoms with Crippen molar-refractivity contribution in [2.24, 2.45) is 0 Å². The van der Waals surface area contributed by atoms with Crippen LogP contribution in [0.5, 0.6) is 0 Å². The molecule has 0 spiro atoms. The van der Waals surface area contributed by atoms with Gasteiger partial charge in [-0.3, -0.25) is 0 Å². The van der Waals surface area contributed by atoms with Crippen molar-refractivity contribution in [2.45, 2.75) is 6.18 Å². The molecule has 34 heavy (non-hydrogen) atoms. The Bertz CT molecular complexity index is 1450. The lowest BCUT2D eigenvalue weighted by atomic mass is 10.3. The molecule has 4 aromatic rings. The highest BCUT2D eigenvalue weighted by atomic mass is 35.5. The first-order valence-electron chi connectivity index (χ1n) is 8.97. The Hall–Kier alpha value is -4.20. The van der Waals surface area contributed by atoms with Gasteiger partial charge in [-0.15, -0.1) is 0 Å². The molecule has 0 fully saturated rings. The molecule has 2 heterocycles. The largest absolute Gasteiger partial charge is 0.493 e. The second-order valence-electron chi connectivity index (χ2n) is 6.52. The van der Waals surface area contributed by atoms with Crippen molar-refractivity contribution < 1.29 is 36.0 Å².